The van der Waals surface area contributed by atoms with Gasteiger partial charge in [0.2, 0.25) is 0 Å². The maximum atomic E-state index is 7.68. The SMILES string of the molecule is Cc1cc2c3c(c1)N(c1ccc(C(C)(C)C)cc1)c1cc4c(cc1B3c1oc3cc5c(cc3c1N2C1=CC2C(C=C1)C(C)(C)CCC2(C)C)C(C)(C)CCC5(C)C)C(C)(C)CCC4(C)C. The Morgan fingerprint density at radius 1 is 0.585 bits per heavy atom. The first-order valence-electron chi connectivity index (χ1n) is 25.3. The second-order valence-corrected chi connectivity index (χ2v) is 26.8. The van der Waals surface area contributed by atoms with E-state index in [4.69, 9.17) is 4.42 Å². The van der Waals surface area contributed by atoms with Crippen LogP contribution >= 0.6 is 0 Å². The van der Waals surface area contributed by atoms with Crippen LogP contribution in [0.4, 0.5) is 28.4 Å². The molecule has 0 amide bonds. The number of rotatable bonds is 2. The van der Waals surface area contributed by atoms with Gasteiger partial charge in [-0.1, -0.05) is 134 Å². The zero-order chi connectivity index (χ0) is 46.3. The number of furan rings is 1. The number of benzene rings is 4. The molecule has 4 aromatic carbocycles. The molecule has 3 heterocycles. The minimum Gasteiger partial charge on any atom is -0.468 e. The molecule has 6 aliphatic rings. The zero-order valence-corrected chi connectivity index (χ0v) is 42.8. The highest BCUT2D eigenvalue weighted by atomic mass is 16.3. The van der Waals surface area contributed by atoms with Crippen molar-refractivity contribution < 1.29 is 4.42 Å². The number of hydrogen-bond acceptors (Lipinski definition) is 3. The van der Waals surface area contributed by atoms with Gasteiger partial charge in [0.05, 0.1) is 11.3 Å². The van der Waals surface area contributed by atoms with Gasteiger partial charge in [-0.05, 0) is 188 Å². The van der Waals surface area contributed by atoms with Crippen LogP contribution in [0.3, 0.4) is 0 Å². The number of allylic oxidation sites excluding steroid dienone is 3. The van der Waals surface area contributed by atoms with Gasteiger partial charge in [-0.15, -0.1) is 0 Å². The molecular weight excluding hydrogens is 787 g/mol. The molecule has 4 heteroatoms. The van der Waals surface area contributed by atoms with Crippen molar-refractivity contribution in [2.75, 3.05) is 9.80 Å². The van der Waals surface area contributed by atoms with Crippen molar-refractivity contribution in [1.82, 2.24) is 0 Å². The van der Waals surface area contributed by atoms with Gasteiger partial charge in [0, 0.05) is 33.8 Å². The average molecular weight is 863 g/mol. The van der Waals surface area contributed by atoms with E-state index in [0.717, 1.165) is 11.2 Å². The van der Waals surface area contributed by atoms with Crippen LogP contribution in [0.15, 0.2) is 89.0 Å². The number of anilines is 5. The summed E-state index contributed by atoms with van der Waals surface area (Å²) in [6.07, 6.45) is 15.0. The maximum absolute atomic E-state index is 7.68. The average Bonchev–Trinajstić information content (AvgIpc) is 3.60. The molecule has 1 saturated carbocycles. The van der Waals surface area contributed by atoms with Crippen molar-refractivity contribution in [2.24, 2.45) is 22.7 Å². The minimum absolute atomic E-state index is 0.0535. The van der Waals surface area contributed by atoms with E-state index in [2.05, 4.69) is 199 Å². The van der Waals surface area contributed by atoms with Gasteiger partial charge in [-0.2, -0.15) is 0 Å². The highest BCUT2D eigenvalue weighted by molar-refractivity contribution is 7.00. The van der Waals surface area contributed by atoms with E-state index in [-0.39, 0.29) is 44.6 Å². The van der Waals surface area contributed by atoms with Gasteiger partial charge in [-0.25, -0.2) is 0 Å². The third kappa shape index (κ3) is 6.26. The molecule has 11 rings (SSSR count). The molecule has 0 bridgehead atoms. The van der Waals surface area contributed by atoms with Crippen LogP contribution in [0, 0.1) is 29.6 Å². The summed E-state index contributed by atoms with van der Waals surface area (Å²) in [5, 5.41) is 1.25. The smallest absolute Gasteiger partial charge is 0.297 e. The van der Waals surface area contributed by atoms with Gasteiger partial charge >= 0.3 is 0 Å². The van der Waals surface area contributed by atoms with Crippen LogP contribution in [-0.2, 0) is 27.1 Å². The molecule has 0 saturated heterocycles. The van der Waals surface area contributed by atoms with E-state index >= 15 is 0 Å². The van der Waals surface area contributed by atoms with Gasteiger partial charge in [-0.3, -0.25) is 0 Å². The van der Waals surface area contributed by atoms with Gasteiger partial charge < -0.3 is 14.2 Å². The van der Waals surface area contributed by atoms with E-state index in [1.165, 1.54) is 122 Å². The molecular formula is C61H75BN2O. The Hall–Kier alpha value is -4.44. The molecule has 4 aliphatic carbocycles. The second kappa shape index (κ2) is 13.4. The molecule has 0 radical (unpaired) electrons. The van der Waals surface area contributed by atoms with Gasteiger partial charge in [0.15, 0.2) is 0 Å². The summed E-state index contributed by atoms with van der Waals surface area (Å²) in [5.41, 5.74) is 21.7. The van der Waals surface area contributed by atoms with Crippen molar-refractivity contribution in [3.05, 3.63) is 118 Å². The second-order valence-electron chi connectivity index (χ2n) is 26.8. The summed E-state index contributed by atoms with van der Waals surface area (Å²) in [4.78, 5) is 5.31. The number of aryl methyl sites for hydroxylation is 1. The van der Waals surface area contributed by atoms with Crippen LogP contribution in [-0.4, -0.2) is 6.71 Å². The lowest BCUT2D eigenvalue weighted by Gasteiger charge is -2.52. The highest BCUT2D eigenvalue weighted by Crippen LogP contribution is 2.58. The summed E-state index contributed by atoms with van der Waals surface area (Å²) < 4.78 is 7.68. The normalized spacial score (nSPS) is 24.6. The molecule has 2 unspecified atom stereocenters. The lowest BCUT2D eigenvalue weighted by Crippen LogP contribution is -2.61. The Balaban J connectivity index is 1.25. The van der Waals surface area contributed by atoms with Crippen molar-refractivity contribution in [3.63, 3.8) is 0 Å². The molecule has 1 fully saturated rings. The van der Waals surface area contributed by atoms with Crippen molar-refractivity contribution in [1.29, 1.82) is 0 Å². The summed E-state index contributed by atoms with van der Waals surface area (Å²) >= 11 is 0. The topological polar surface area (TPSA) is 19.6 Å². The first-order chi connectivity index (χ1) is 30.2. The fourth-order valence-corrected chi connectivity index (χ4v) is 13.6. The molecule has 2 aliphatic heterocycles. The van der Waals surface area contributed by atoms with Crippen LogP contribution in [0.25, 0.3) is 11.0 Å². The van der Waals surface area contributed by atoms with Crippen molar-refractivity contribution >= 4 is 62.7 Å². The molecule has 0 spiro atoms. The van der Waals surface area contributed by atoms with Crippen molar-refractivity contribution in [2.45, 2.75) is 176 Å². The molecule has 0 N–H and O–H groups in total. The monoisotopic (exact) mass is 863 g/mol. The van der Waals surface area contributed by atoms with E-state index in [9.17, 15) is 0 Å². The number of nitrogens with zero attached hydrogens (tertiary/aromatic N) is 2. The van der Waals surface area contributed by atoms with Crippen LogP contribution in [0.2, 0.25) is 0 Å². The summed E-state index contributed by atoms with van der Waals surface area (Å²) in [6, 6.07) is 24.8. The Morgan fingerprint density at radius 2 is 1.11 bits per heavy atom. The molecule has 65 heavy (non-hydrogen) atoms. The molecule has 2 atom stereocenters. The summed E-state index contributed by atoms with van der Waals surface area (Å²) in [7, 11) is 0. The molecule has 1 aromatic heterocycles. The lowest BCUT2D eigenvalue weighted by molar-refractivity contribution is 0.0327. The largest absolute Gasteiger partial charge is 0.468 e. The lowest BCUT2D eigenvalue weighted by atomic mass is 9.35. The van der Waals surface area contributed by atoms with E-state index < -0.39 is 0 Å². The number of fused-ring (bicyclic) bond motifs is 9. The predicted octanol–water partition coefficient (Wildman–Crippen LogP) is 15.0. The highest BCUT2D eigenvalue weighted by Gasteiger charge is 2.52. The quantitative estimate of drug-likeness (QED) is 0.162. The van der Waals surface area contributed by atoms with Crippen molar-refractivity contribution in [3.8, 4) is 0 Å². The minimum atomic E-state index is -0.0745. The third-order valence-corrected chi connectivity index (χ3v) is 18.4. The Morgan fingerprint density at radius 3 is 1.69 bits per heavy atom. The Labute approximate surface area is 392 Å². The van der Waals surface area contributed by atoms with E-state index in [0.29, 0.717) is 11.8 Å². The van der Waals surface area contributed by atoms with E-state index in [1.807, 2.05) is 0 Å². The summed E-state index contributed by atoms with van der Waals surface area (Å²) in [6.45, 7) is 39.0. The first-order valence-corrected chi connectivity index (χ1v) is 25.3. The molecule has 5 aromatic rings. The van der Waals surface area contributed by atoms with Gasteiger partial charge in [0.1, 0.15) is 5.58 Å². The maximum Gasteiger partial charge on any atom is 0.297 e. The summed E-state index contributed by atoms with van der Waals surface area (Å²) in [5.74, 6) is 0.918. The third-order valence-electron chi connectivity index (χ3n) is 18.4. The Bertz CT molecular complexity index is 2900. The fraction of sp³-hybridized carbons (Fsp3) is 0.508. The standard InChI is InChI=1S/C61H75BN2O/c1-36-29-49-52-50(30-36)64(39-21-22-41-42(31-39)57(7,8)24-23-56(41,5)6)53-40-32-43-46(61(15,16)28-25-58(43,9)10)35-51(40)65-54(53)62(52)47-33-44-45(60(13,14)27-26-59(44,11)12)34-48(47)63(49)38-19-17-37(18-20-38)55(2,3)4/h17-22,29-35,41-42H,23-28H2,1-16H3. The molecule has 3 nitrogen and oxygen atoms in total. The van der Waals surface area contributed by atoms with Gasteiger partial charge in [0.25, 0.3) is 6.71 Å². The van der Waals surface area contributed by atoms with Crippen LogP contribution < -0.4 is 26.4 Å². The molecule has 338 valence electrons. The Kier molecular flexibility index (Phi) is 8.88. The fourth-order valence-electron chi connectivity index (χ4n) is 13.6. The first kappa shape index (κ1) is 43.2. The van der Waals surface area contributed by atoms with E-state index in [1.54, 1.807) is 0 Å². The van der Waals surface area contributed by atoms with Crippen LogP contribution in [0.1, 0.15) is 176 Å². The zero-order valence-electron chi connectivity index (χ0n) is 42.8. The predicted molar refractivity (Wildman–Crippen MR) is 279 cm³/mol. The van der Waals surface area contributed by atoms with Crippen LogP contribution in [0.5, 0.6) is 0 Å². The number of hydrogen-bond donors (Lipinski definition) is 0.